The summed E-state index contributed by atoms with van der Waals surface area (Å²) in [6, 6.07) is 4.08. The number of benzene rings is 1. The van der Waals surface area contributed by atoms with Crippen molar-refractivity contribution in [3.05, 3.63) is 34.6 Å². The first-order valence-corrected chi connectivity index (χ1v) is 7.50. The predicted octanol–water partition coefficient (Wildman–Crippen LogP) is 4.52. The van der Waals surface area contributed by atoms with Gasteiger partial charge in [-0.2, -0.15) is 0 Å². The van der Waals surface area contributed by atoms with E-state index in [2.05, 4.69) is 0 Å². The molecule has 1 unspecified atom stereocenters. The lowest BCUT2D eigenvalue weighted by Gasteiger charge is -2.35. The van der Waals surface area contributed by atoms with Gasteiger partial charge in [0.25, 0.3) is 0 Å². The highest BCUT2D eigenvalue weighted by molar-refractivity contribution is 6.30. The Hall–Kier alpha value is -1.33. The minimum absolute atomic E-state index is 0.0470. The van der Waals surface area contributed by atoms with E-state index >= 15 is 0 Å². The summed E-state index contributed by atoms with van der Waals surface area (Å²) >= 11 is 5.72. The van der Waals surface area contributed by atoms with E-state index in [0.29, 0.717) is 5.56 Å². The van der Waals surface area contributed by atoms with Crippen molar-refractivity contribution in [2.45, 2.75) is 52.0 Å². The third kappa shape index (κ3) is 3.52. The van der Waals surface area contributed by atoms with Gasteiger partial charge in [-0.15, -0.1) is 0 Å². The molecule has 1 atom stereocenters. The smallest absolute Gasteiger partial charge is 0.413 e. The summed E-state index contributed by atoms with van der Waals surface area (Å²) in [5.41, 5.74) is -0.826. The zero-order chi connectivity index (χ0) is 16.7. The highest BCUT2D eigenvalue weighted by Gasteiger charge is 2.46. The summed E-state index contributed by atoms with van der Waals surface area (Å²) in [6.07, 6.45) is -0.490. The van der Waals surface area contributed by atoms with Crippen molar-refractivity contribution < 1.29 is 18.7 Å². The molecule has 1 aliphatic heterocycles. The lowest BCUT2D eigenvalue weighted by atomic mass is 10.1. The first kappa shape index (κ1) is 17.0. The Labute approximate surface area is 135 Å². The number of ether oxygens (including phenoxy) is 2. The van der Waals surface area contributed by atoms with Crippen LogP contribution in [0.25, 0.3) is 0 Å². The van der Waals surface area contributed by atoms with Crippen LogP contribution in [0, 0.1) is 5.82 Å². The van der Waals surface area contributed by atoms with Crippen molar-refractivity contribution in [2.24, 2.45) is 0 Å². The number of halogens is 2. The van der Waals surface area contributed by atoms with Crippen LogP contribution in [0.3, 0.4) is 0 Å². The first-order valence-electron chi connectivity index (χ1n) is 7.12. The number of rotatable bonds is 1. The van der Waals surface area contributed by atoms with Gasteiger partial charge in [0, 0.05) is 0 Å². The molecule has 6 heteroatoms. The van der Waals surface area contributed by atoms with E-state index in [1.807, 2.05) is 0 Å². The number of hydrogen-bond donors (Lipinski definition) is 0. The van der Waals surface area contributed by atoms with Crippen molar-refractivity contribution in [3.8, 4) is 0 Å². The molecule has 1 heterocycles. The maximum atomic E-state index is 13.7. The summed E-state index contributed by atoms with van der Waals surface area (Å²) in [4.78, 5) is 14.0. The predicted molar refractivity (Wildman–Crippen MR) is 82.3 cm³/mol. The number of carbonyl (C=O) groups is 1. The second-order valence-corrected chi connectivity index (χ2v) is 7.20. The molecule has 0 radical (unpaired) electrons. The van der Waals surface area contributed by atoms with Crippen LogP contribution in [0.5, 0.6) is 0 Å². The topological polar surface area (TPSA) is 38.8 Å². The minimum Gasteiger partial charge on any atom is -0.444 e. The Bertz CT molecular complexity index is 583. The fourth-order valence-electron chi connectivity index (χ4n) is 2.43. The Morgan fingerprint density at radius 3 is 2.64 bits per heavy atom. The molecule has 0 saturated carbocycles. The van der Waals surface area contributed by atoms with Gasteiger partial charge >= 0.3 is 6.09 Å². The van der Waals surface area contributed by atoms with Gasteiger partial charge < -0.3 is 9.47 Å². The van der Waals surface area contributed by atoms with Crippen LogP contribution in [-0.4, -0.2) is 28.9 Å². The van der Waals surface area contributed by atoms with Crippen LogP contribution in [0.2, 0.25) is 5.02 Å². The molecule has 1 amide bonds. The van der Waals surface area contributed by atoms with Gasteiger partial charge in [0.05, 0.1) is 17.7 Å². The van der Waals surface area contributed by atoms with E-state index in [4.69, 9.17) is 21.1 Å². The number of nitrogens with zero attached hydrogens (tertiary/aromatic N) is 1. The van der Waals surface area contributed by atoms with Gasteiger partial charge in [0.1, 0.15) is 17.1 Å². The fourth-order valence-corrected chi connectivity index (χ4v) is 2.54. The molecule has 1 saturated heterocycles. The molecular formula is C16H21ClFNO3. The van der Waals surface area contributed by atoms with Crippen molar-refractivity contribution >= 4 is 17.7 Å². The molecule has 0 spiro atoms. The number of amides is 1. The van der Waals surface area contributed by atoms with Gasteiger partial charge in [0.2, 0.25) is 0 Å². The number of carbonyl (C=O) groups excluding carboxylic acids is 1. The summed E-state index contributed by atoms with van der Waals surface area (Å²) < 4.78 is 24.9. The SMILES string of the molecule is CC(C)(C)OC(=O)N1C(c2ccc(Cl)c(F)c2)COC1(C)C. The third-order valence-corrected chi connectivity index (χ3v) is 3.71. The maximum Gasteiger partial charge on any atom is 0.413 e. The minimum atomic E-state index is -0.830. The summed E-state index contributed by atoms with van der Waals surface area (Å²) in [6.45, 7) is 9.23. The largest absolute Gasteiger partial charge is 0.444 e. The molecule has 2 rings (SSSR count). The first-order chi connectivity index (χ1) is 10.0. The lowest BCUT2D eigenvalue weighted by Crippen LogP contribution is -2.47. The lowest BCUT2D eigenvalue weighted by molar-refractivity contribution is -0.0626. The molecule has 1 aromatic carbocycles. The zero-order valence-corrected chi connectivity index (χ0v) is 14.2. The molecule has 1 fully saturated rings. The quantitative estimate of drug-likeness (QED) is 0.760. The van der Waals surface area contributed by atoms with Crippen LogP contribution in [0.15, 0.2) is 18.2 Å². The van der Waals surface area contributed by atoms with Crippen LogP contribution < -0.4 is 0 Å². The highest BCUT2D eigenvalue weighted by atomic mass is 35.5. The standard InChI is InChI=1S/C16H21ClFNO3/c1-15(2,3)22-14(20)19-13(9-21-16(19,4)5)10-6-7-11(17)12(18)8-10/h6-8,13H,9H2,1-5H3. The van der Waals surface area contributed by atoms with Gasteiger partial charge in [0.15, 0.2) is 0 Å². The van der Waals surface area contributed by atoms with E-state index in [9.17, 15) is 9.18 Å². The molecule has 22 heavy (non-hydrogen) atoms. The van der Waals surface area contributed by atoms with Crippen LogP contribution in [-0.2, 0) is 9.47 Å². The second kappa shape index (κ2) is 5.70. The van der Waals surface area contributed by atoms with Crippen molar-refractivity contribution in [1.29, 1.82) is 0 Å². The Balaban J connectivity index is 2.33. The van der Waals surface area contributed by atoms with Gasteiger partial charge in [-0.25, -0.2) is 9.18 Å². The van der Waals surface area contributed by atoms with E-state index in [-0.39, 0.29) is 11.6 Å². The second-order valence-electron chi connectivity index (χ2n) is 6.80. The molecule has 1 aromatic rings. The number of hydrogen-bond acceptors (Lipinski definition) is 3. The third-order valence-electron chi connectivity index (χ3n) is 3.40. The van der Waals surface area contributed by atoms with Crippen molar-refractivity contribution in [3.63, 3.8) is 0 Å². The summed E-state index contributed by atoms with van der Waals surface area (Å²) in [5.74, 6) is -0.520. The van der Waals surface area contributed by atoms with Gasteiger partial charge in [-0.3, -0.25) is 4.90 Å². The normalized spacial score (nSPS) is 21.0. The summed E-state index contributed by atoms with van der Waals surface area (Å²) in [7, 11) is 0. The Morgan fingerprint density at radius 2 is 2.09 bits per heavy atom. The van der Waals surface area contributed by atoms with Crippen LogP contribution >= 0.6 is 11.6 Å². The maximum absolute atomic E-state index is 13.7. The average Bonchev–Trinajstić information content (AvgIpc) is 2.66. The Kier molecular flexibility index (Phi) is 4.42. The van der Waals surface area contributed by atoms with E-state index in [1.165, 1.54) is 17.0 Å². The van der Waals surface area contributed by atoms with Crippen molar-refractivity contribution in [2.75, 3.05) is 6.61 Å². The fraction of sp³-hybridized carbons (Fsp3) is 0.562. The molecule has 0 aromatic heterocycles. The van der Waals surface area contributed by atoms with E-state index < -0.39 is 29.3 Å². The molecule has 4 nitrogen and oxygen atoms in total. The van der Waals surface area contributed by atoms with Crippen LogP contribution in [0.4, 0.5) is 9.18 Å². The molecule has 0 bridgehead atoms. The van der Waals surface area contributed by atoms with E-state index in [1.54, 1.807) is 40.7 Å². The monoisotopic (exact) mass is 329 g/mol. The van der Waals surface area contributed by atoms with E-state index in [0.717, 1.165) is 0 Å². The molecule has 0 aliphatic carbocycles. The van der Waals surface area contributed by atoms with Crippen LogP contribution in [0.1, 0.15) is 46.2 Å². The van der Waals surface area contributed by atoms with Gasteiger partial charge in [-0.05, 0) is 52.3 Å². The highest BCUT2D eigenvalue weighted by Crippen LogP contribution is 2.38. The van der Waals surface area contributed by atoms with Crippen molar-refractivity contribution in [1.82, 2.24) is 4.90 Å². The molecule has 0 N–H and O–H groups in total. The Morgan fingerprint density at radius 1 is 1.45 bits per heavy atom. The zero-order valence-electron chi connectivity index (χ0n) is 13.4. The molecule has 122 valence electrons. The summed E-state index contributed by atoms with van der Waals surface area (Å²) in [5, 5.41) is 0.0470. The molecular weight excluding hydrogens is 309 g/mol. The van der Waals surface area contributed by atoms with Gasteiger partial charge in [-0.1, -0.05) is 17.7 Å². The molecule has 1 aliphatic rings. The average molecular weight is 330 g/mol.